The summed E-state index contributed by atoms with van der Waals surface area (Å²) in [6.45, 7) is 0. The second-order valence-corrected chi connectivity index (χ2v) is 7.22. The van der Waals surface area contributed by atoms with Crippen molar-refractivity contribution < 1.29 is 24.0 Å². The van der Waals surface area contributed by atoms with Crippen LogP contribution in [0.25, 0.3) is 5.76 Å². The molecule has 5 nitrogen and oxygen atoms in total. The SMILES string of the molecule is COc1ccc(C2C(=O)OC3CC4=C(c5ccccc5)OOC4CC32)cc1. The van der Waals surface area contributed by atoms with Gasteiger partial charge in [0.2, 0.25) is 0 Å². The lowest BCUT2D eigenvalue weighted by molar-refractivity contribution is -0.248. The Bertz CT molecular complexity index is 887. The summed E-state index contributed by atoms with van der Waals surface area (Å²) in [6, 6.07) is 17.6. The number of methoxy groups -OCH3 is 1. The van der Waals surface area contributed by atoms with E-state index in [2.05, 4.69) is 0 Å². The minimum absolute atomic E-state index is 0.0818. The number of ether oxygens (including phenoxy) is 2. The van der Waals surface area contributed by atoms with E-state index in [1.165, 1.54) is 0 Å². The quantitative estimate of drug-likeness (QED) is 0.612. The van der Waals surface area contributed by atoms with Crippen molar-refractivity contribution in [2.24, 2.45) is 5.92 Å². The zero-order valence-corrected chi connectivity index (χ0v) is 15.0. The number of carbonyl (C=O) groups is 1. The lowest BCUT2D eigenvalue weighted by Gasteiger charge is -2.29. The topological polar surface area (TPSA) is 54.0 Å². The summed E-state index contributed by atoms with van der Waals surface area (Å²) < 4.78 is 11.0. The van der Waals surface area contributed by atoms with E-state index in [0.717, 1.165) is 28.2 Å². The molecule has 4 unspecified atom stereocenters. The highest BCUT2D eigenvalue weighted by molar-refractivity contribution is 5.81. The maximum absolute atomic E-state index is 12.6. The normalized spacial score (nSPS) is 29.0. The monoisotopic (exact) mass is 364 g/mol. The first-order valence-electron chi connectivity index (χ1n) is 9.21. The van der Waals surface area contributed by atoms with E-state index in [1.54, 1.807) is 7.11 Å². The third-order valence-electron chi connectivity index (χ3n) is 5.77. The van der Waals surface area contributed by atoms with Crippen LogP contribution in [0.15, 0.2) is 60.2 Å². The summed E-state index contributed by atoms with van der Waals surface area (Å²) in [6.07, 6.45) is 1.09. The molecule has 2 heterocycles. The second kappa shape index (κ2) is 6.43. The molecule has 1 saturated heterocycles. The molecule has 1 aliphatic carbocycles. The number of rotatable bonds is 3. The van der Waals surface area contributed by atoms with Crippen LogP contribution >= 0.6 is 0 Å². The maximum atomic E-state index is 12.6. The Morgan fingerprint density at radius 3 is 2.56 bits per heavy atom. The van der Waals surface area contributed by atoms with Crippen LogP contribution in [0.4, 0.5) is 0 Å². The zero-order valence-electron chi connectivity index (χ0n) is 15.0. The summed E-state index contributed by atoms with van der Waals surface area (Å²) in [7, 11) is 1.63. The van der Waals surface area contributed by atoms with Crippen LogP contribution < -0.4 is 4.74 Å². The van der Waals surface area contributed by atoms with Crippen LogP contribution in [-0.4, -0.2) is 25.3 Å². The molecule has 138 valence electrons. The molecule has 2 aliphatic heterocycles. The van der Waals surface area contributed by atoms with Gasteiger partial charge in [-0.1, -0.05) is 42.5 Å². The summed E-state index contributed by atoms with van der Waals surface area (Å²) >= 11 is 0. The van der Waals surface area contributed by atoms with Crippen molar-refractivity contribution in [1.29, 1.82) is 0 Å². The molecule has 2 fully saturated rings. The van der Waals surface area contributed by atoms with Crippen LogP contribution in [0.2, 0.25) is 0 Å². The Hall–Kier alpha value is -2.79. The fourth-order valence-corrected chi connectivity index (χ4v) is 4.43. The number of hydrogen-bond acceptors (Lipinski definition) is 5. The molecule has 5 heteroatoms. The molecule has 2 aromatic carbocycles. The molecule has 0 N–H and O–H groups in total. The van der Waals surface area contributed by atoms with Crippen LogP contribution in [0.5, 0.6) is 5.75 Å². The molecule has 0 spiro atoms. The summed E-state index contributed by atoms with van der Waals surface area (Å²) in [5, 5.41) is 0. The Morgan fingerprint density at radius 1 is 1.04 bits per heavy atom. The van der Waals surface area contributed by atoms with Crippen molar-refractivity contribution in [3.05, 3.63) is 71.3 Å². The molecule has 1 saturated carbocycles. The third-order valence-corrected chi connectivity index (χ3v) is 5.77. The highest BCUT2D eigenvalue weighted by Crippen LogP contribution is 2.50. The predicted molar refractivity (Wildman–Crippen MR) is 97.7 cm³/mol. The van der Waals surface area contributed by atoms with Crippen LogP contribution in [0.3, 0.4) is 0 Å². The summed E-state index contributed by atoms with van der Waals surface area (Å²) in [5.74, 6) is 1.20. The molecule has 0 radical (unpaired) electrons. The van der Waals surface area contributed by atoms with Crippen molar-refractivity contribution >= 4 is 11.7 Å². The Balaban J connectivity index is 1.44. The number of hydrogen-bond donors (Lipinski definition) is 0. The fraction of sp³-hybridized carbons (Fsp3) is 0.318. The van der Waals surface area contributed by atoms with Gasteiger partial charge in [-0.25, -0.2) is 0 Å². The highest BCUT2D eigenvalue weighted by Gasteiger charge is 2.52. The van der Waals surface area contributed by atoms with Gasteiger partial charge in [0.25, 0.3) is 0 Å². The van der Waals surface area contributed by atoms with E-state index in [-0.39, 0.29) is 30.0 Å². The first-order valence-corrected chi connectivity index (χ1v) is 9.21. The Labute approximate surface area is 157 Å². The van der Waals surface area contributed by atoms with Gasteiger partial charge in [0, 0.05) is 23.5 Å². The van der Waals surface area contributed by atoms with E-state index in [9.17, 15) is 4.79 Å². The largest absolute Gasteiger partial charge is 0.497 e. The van der Waals surface area contributed by atoms with Gasteiger partial charge in [-0.15, -0.1) is 0 Å². The van der Waals surface area contributed by atoms with Gasteiger partial charge >= 0.3 is 5.97 Å². The molecule has 0 bridgehead atoms. The average molecular weight is 364 g/mol. The van der Waals surface area contributed by atoms with E-state index < -0.39 is 0 Å². The van der Waals surface area contributed by atoms with Crippen LogP contribution in [-0.2, 0) is 19.3 Å². The average Bonchev–Trinajstić information content (AvgIpc) is 3.26. The molecular formula is C22H20O5. The molecule has 27 heavy (non-hydrogen) atoms. The number of carbonyl (C=O) groups excluding carboxylic acids is 1. The zero-order chi connectivity index (χ0) is 18.4. The van der Waals surface area contributed by atoms with E-state index in [0.29, 0.717) is 12.8 Å². The van der Waals surface area contributed by atoms with E-state index in [4.69, 9.17) is 19.2 Å². The van der Waals surface area contributed by atoms with Gasteiger partial charge in [-0.2, -0.15) is 4.89 Å². The Morgan fingerprint density at radius 2 is 1.81 bits per heavy atom. The highest BCUT2D eigenvalue weighted by atomic mass is 17.2. The summed E-state index contributed by atoms with van der Waals surface area (Å²) in [5.41, 5.74) is 3.04. The standard InChI is InChI=1S/C22H20O5/c1-24-15-9-7-13(8-10-15)20-16-11-19-17(12-18(16)25-22(20)23)21(27-26-19)14-5-3-2-4-6-14/h2-10,16,18-20H,11-12H2,1H3. The first-order chi connectivity index (χ1) is 13.2. The molecule has 2 aromatic rings. The molecule has 3 aliphatic rings. The minimum Gasteiger partial charge on any atom is -0.497 e. The molecule has 0 aromatic heterocycles. The smallest absolute Gasteiger partial charge is 0.314 e. The van der Waals surface area contributed by atoms with Crippen molar-refractivity contribution in [2.75, 3.05) is 7.11 Å². The summed E-state index contributed by atoms with van der Waals surface area (Å²) in [4.78, 5) is 23.8. The van der Waals surface area contributed by atoms with Gasteiger partial charge < -0.3 is 14.4 Å². The van der Waals surface area contributed by atoms with Crippen molar-refractivity contribution in [3.8, 4) is 5.75 Å². The predicted octanol–water partition coefficient (Wildman–Crippen LogP) is 3.86. The number of esters is 1. The van der Waals surface area contributed by atoms with Gasteiger partial charge in [0.1, 0.15) is 18.0 Å². The lowest BCUT2D eigenvalue weighted by Crippen LogP contribution is -2.32. The maximum Gasteiger partial charge on any atom is 0.314 e. The van der Waals surface area contributed by atoms with Gasteiger partial charge in [-0.3, -0.25) is 4.79 Å². The lowest BCUT2D eigenvalue weighted by atomic mass is 9.74. The van der Waals surface area contributed by atoms with Gasteiger partial charge in [0.15, 0.2) is 5.76 Å². The number of benzene rings is 2. The molecule has 4 atom stereocenters. The molecule has 0 amide bonds. The third kappa shape index (κ3) is 2.70. The van der Waals surface area contributed by atoms with Gasteiger partial charge in [0.05, 0.1) is 13.0 Å². The molecule has 5 rings (SSSR count). The van der Waals surface area contributed by atoms with E-state index >= 15 is 0 Å². The number of fused-ring (bicyclic) bond motifs is 2. The second-order valence-electron chi connectivity index (χ2n) is 7.22. The van der Waals surface area contributed by atoms with Crippen molar-refractivity contribution in [1.82, 2.24) is 0 Å². The minimum atomic E-state index is -0.271. The van der Waals surface area contributed by atoms with Crippen LogP contribution in [0.1, 0.15) is 29.9 Å². The first kappa shape index (κ1) is 16.4. The van der Waals surface area contributed by atoms with Gasteiger partial charge in [-0.05, 0) is 24.1 Å². The Kier molecular flexibility index (Phi) is 3.90. The van der Waals surface area contributed by atoms with Crippen LogP contribution in [0, 0.1) is 5.92 Å². The van der Waals surface area contributed by atoms with Crippen molar-refractivity contribution in [2.45, 2.75) is 31.0 Å². The van der Waals surface area contributed by atoms with E-state index in [1.807, 2.05) is 54.6 Å². The van der Waals surface area contributed by atoms with Crippen molar-refractivity contribution in [3.63, 3.8) is 0 Å². The molecular weight excluding hydrogens is 344 g/mol. The fourth-order valence-electron chi connectivity index (χ4n) is 4.43.